The maximum Gasteiger partial charge on any atom is 0.295 e. The number of carbonyl (C=O) groups excluding carboxylic acids is 2. The zero-order valence-electron chi connectivity index (χ0n) is 16.6. The number of amides is 1. The molecule has 0 saturated carbocycles. The molecular weight excluding hydrogens is 374 g/mol. The predicted octanol–water partition coefficient (Wildman–Crippen LogP) is 2.98. The minimum Gasteiger partial charge on any atom is -0.507 e. The summed E-state index contributed by atoms with van der Waals surface area (Å²) in [6.07, 6.45) is 0.785. The third-order valence-electron chi connectivity index (χ3n) is 5.28. The van der Waals surface area contributed by atoms with Crippen molar-refractivity contribution < 1.29 is 28.6 Å². The first kappa shape index (κ1) is 19.3. The van der Waals surface area contributed by atoms with Gasteiger partial charge in [0.1, 0.15) is 35.2 Å². The van der Waals surface area contributed by atoms with Gasteiger partial charge < -0.3 is 23.9 Å². The van der Waals surface area contributed by atoms with Gasteiger partial charge in [0.15, 0.2) is 0 Å². The van der Waals surface area contributed by atoms with E-state index < -0.39 is 17.7 Å². The standard InChI is InChI=1S/C22H23NO6/c1-12-4-6-17(28-12)19-18(21(25)22(26)23(19)8-9-27-3)20(24)14-5-7-16-15(11-14)10-13(2)29-16/h4-7,11,13,19,24H,8-10H2,1-3H3/b20-18+/t13-,19+/m0/s1. The highest BCUT2D eigenvalue weighted by atomic mass is 16.5. The fourth-order valence-electron chi connectivity index (χ4n) is 3.92. The van der Waals surface area contributed by atoms with Gasteiger partial charge in [-0.05, 0) is 49.7 Å². The summed E-state index contributed by atoms with van der Waals surface area (Å²) in [5, 5.41) is 11.1. The number of fused-ring (bicyclic) bond motifs is 1. The molecule has 2 aliphatic heterocycles. The Morgan fingerprint density at radius 3 is 2.76 bits per heavy atom. The molecule has 0 aliphatic carbocycles. The maximum absolute atomic E-state index is 12.9. The molecular formula is C22H23NO6. The number of ether oxygens (including phenoxy) is 2. The van der Waals surface area contributed by atoms with Crippen molar-refractivity contribution in [2.75, 3.05) is 20.3 Å². The number of aryl methyl sites for hydroxylation is 1. The van der Waals surface area contributed by atoms with Gasteiger partial charge in [-0.2, -0.15) is 0 Å². The summed E-state index contributed by atoms with van der Waals surface area (Å²) in [5.74, 6) is 0.222. The number of furan rings is 1. The Balaban J connectivity index is 1.81. The van der Waals surface area contributed by atoms with E-state index in [0.29, 0.717) is 17.1 Å². The molecule has 0 spiro atoms. The largest absolute Gasteiger partial charge is 0.507 e. The summed E-state index contributed by atoms with van der Waals surface area (Å²) in [4.78, 5) is 26.9. The van der Waals surface area contributed by atoms with Crippen LogP contribution in [-0.4, -0.2) is 48.1 Å². The second-order valence-corrected chi connectivity index (χ2v) is 7.39. The molecule has 1 amide bonds. The van der Waals surface area contributed by atoms with Gasteiger partial charge in [-0.25, -0.2) is 0 Å². The van der Waals surface area contributed by atoms with Gasteiger partial charge >= 0.3 is 0 Å². The molecule has 29 heavy (non-hydrogen) atoms. The SMILES string of the molecule is COCCN1C(=O)C(=O)/C(=C(/O)c2ccc3c(c2)C[C@H](C)O3)[C@H]1c1ccc(C)o1. The number of aliphatic hydroxyl groups is 1. The van der Waals surface area contributed by atoms with Crippen LogP contribution in [-0.2, 0) is 20.7 Å². The van der Waals surface area contributed by atoms with Crippen LogP contribution >= 0.6 is 0 Å². The van der Waals surface area contributed by atoms with Crippen molar-refractivity contribution in [2.45, 2.75) is 32.4 Å². The molecule has 7 nitrogen and oxygen atoms in total. The minimum atomic E-state index is -0.803. The molecule has 2 atom stereocenters. The maximum atomic E-state index is 12.9. The first-order chi connectivity index (χ1) is 13.9. The molecule has 0 bridgehead atoms. The van der Waals surface area contributed by atoms with Gasteiger partial charge in [0, 0.05) is 25.6 Å². The smallest absolute Gasteiger partial charge is 0.295 e. The van der Waals surface area contributed by atoms with Crippen molar-refractivity contribution in [1.29, 1.82) is 0 Å². The van der Waals surface area contributed by atoms with Crippen molar-refractivity contribution in [1.82, 2.24) is 4.90 Å². The first-order valence-electron chi connectivity index (χ1n) is 9.54. The number of likely N-dealkylation sites (tertiary alicyclic amines) is 1. The van der Waals surface area contributed by atoms with Crippen LogP contribution in [0.15, 0.2) is 40.3 Å². The van der Waals surface area contributed by atoms with Crippen LogP contribution in [0, 0.1) is 6.92 Å². The van der Waals surface area contributed by atoms with Crippen LogP contribution in [0.4, 0.5) is 0 Å². The Morgan fingerprint density at radius 2 is 2.07 bits per heavy atom. The molecule has 3 heterocycles. The third kappa shape index (κ3) is 3.31. The third-order valence-corrected chi connectivity index (χ3v) is 5.28. The number of aliphatic hydroxyl groups excluding tert-OH is 1. The fourth-order valence-corrected chi connectivity index (χ4v) is 3.92. The zero-order chi connectivity index (χ0) is 20.7. The van der Waals surface area contributed by atoms with Gasteiger partial charge in [0.25, 0.3) is 11.7 Å². The highest BCUT2D eigenvalue weighted by Gasteiger charge is 2.47. The minimum absolute atomic E-state index is 0.0207. The molecule has 1 N–H and O–H groups in total. The van der Waals surface area contributed by atoms with Crippen molar-refractivity contribution in [3.8, 4) is 5.75 Å². The van der Waals surface area contributed by atoms with Gasteiger partial charge in [0.05, 0.1) is 12.2 Å². The average Bonchev–Trinajstić information content (AvgIpc) is 3.35. The number of hydrogen-bond donors (Lipinski definition) is 1. The van der Waals surface area contributed by atoms with Crippen molar-refractivity contribution >= 4 is 17.4 Å². The lowest BCUT2D eigenvalue weighted by Crippen LogP contribution is -2.32. The highest BCUT2D eigenvalue weighted by Crippen LogP contribution is 2.40. The van der Waals surface area contributed by atoms with Crippen molar-refractivity contribution in [3.63, 3.8) is 0 Å². The Bertz CT molecular complexity index is 1000. The summed E-state index contributed by atoms with van der Waals surface area (Å²) >= 11 is 0. The Kier molecular flexibility index (Phi) is 4.92. The topological polar surface area (TPSA) is 89.2 Å². The van der Waals surface area contributed by atoms with E-state index in [1.807, 2.05) is 6.92 Å². The molecule has 152 valence electrons. The molecule has 7 heteroatoms. The number of hydrogen-bond acceptors (Lipinski definition) is 6. The van der Waals surface area contributed by atoms with E-state index in [-0.39, 0.29) is 30.6 Å². The Hall–Kier alpha value is -3.06. The molecule has 1 aromatic carbocycles. The zero-order valence-corrected chi connectivity index (χ0v) is 16.6. The van der Waals surface area contributed by atoms with E-state index in [4.69, 9.17) is 13.9 Å². The first-order valence-corrected chi connectivity index (χ1v) is 9.54. The van der Waals surface area contributed by atoms with Crippen LogP contribution in [0.25, 0.3) is 5.76 Å². The van der Waals surface area contributed by atoms with E-state index in [2.05, 4.69) is 0 Å². The van der Waals surface area contributed by atoms with Gasteiger partial charge in [-0.1, -0.05) is 0 Å². The second-order valence-electron chi connectivity index (χ2n) is 7.39. The van der Waals surface area contributed by atoms with Crippen LogP contribution in [0.5, 0.6) is 5.75 Å². The normalized spacial score (nSPS) is 22.8. The van der Waals surface area contributed by atoms with E-state index in [1.54, 1.807) is 37.3 Å². The van der Waals surface area contributed by atoms with Crippen LogP contribution < -0.4 is 4.74 Å². The Labute approximate surface area is 168 Å². The summed E-state index contributed by atoms with van der Waals surface area (Å²) in [7, 11) is 1.52. The number of methoxy groups -OCH3 is 1. The molecule has 1 saturated heterocycles. The van der Waals surface area contributed by atoms with Crippen molar-refractivity contribution in [2.24, 2.45) is 0 Å². The lowest BCUT2D eigenvalue weighted by Gasteiger charge is -2.22. The van der Waals surface area contributed by atoms with Crippen LogP contribution in [0.2, 0.25) is 0 Å². The predicted molar refractivity (Wildman–Crippen MR) is 105 cm³/mol. The molecule has 1 aromatic heterocycles. The number of nitrogens with zero attached hydrogens (tertiary/aromatic N) is 1. The molecule has 2 aromatic rings. The van der Waals surface area contributed by atoms with Gasteiger partial charge in [-0.15, -0.1) is 0 Å². The fraction of sp³-hybridized carbons (Fsp3) is 0.364. The number of benzene rings is 1. The van der Waals surface area contributed by atoms with E-state index >= 15 is 0 Å². The van der Waals surface area contributed by atoms with Crippen molar-refractivity contribution in [3.05, 3.63) is 58.6 Å². The molecule has 4 rings (SSSR count). The Morgan fingerprint density at radius 1 is 1.28 bits per heavy atom. The van der Waals surface area contributed by atoms with E-state index in [9.17, 15) is 14.7 Å². The summed E-state index contributed by atoms with van der Waals surface area (Å²) < 4.78 is 16.5. The van der Waals surface area contributed by atoms with Gasteiger partial charge in [0.2, 0.25) is 0 Å². The van der Waals surface area contributed by atoms with Crippen LogP contribution in [0.1, 0.15) is 35.6 Å². The molecule has 2 aliphatic rings. The lowest BCUT2D eigenvalue weighted by atomic mass is 9.97. The van der Waals surface area contributed by atoms with Crippen LogP contribution in [0.3, 0.4) is 0 Å². The van der Waals surface area contributed by atoms with E-state index in [1.165, 1.54) is 12.0 Å². The van der Waals surface area contributed by atoms with Gasteiger partial charge in [-0.3, -0.25) is 9.59 Å². The summed E-state index contributed by atoms with van der Waals surface area (Å²) in [6, 6.07) is 7.96. The second kappa shape index (κ2) is 7.40. The lowest BCUT2D eigenvalue weighted by molar-refractivity contribution is -0.140. The molecule has 0 radical (unpaired) electrons. The number of Topliss-reactive ketones (excluding diaryl/α,β-unsaturated/α-hetero) is 1. The summed E-state index contributed by atoms with van der Waals surface area (Å²) in [5.41, 5.74) is 1.45. The number of rotatable bonds is 5. The molecule has 0 unspecified atom stereocenters. The average molecular weight is 397 g/mol. The van der Waals surface area contributed by atoms with E-state index in [0.717, 1.165) is 17.7 Å². The molecule has 1 fully saturated rings. The highest BCUT2D eigenvalue weighted by molar-refractivity contribution is 6.46. The number of carbonyl (C=O) groups is 2. The summed E-state index contributed by atoms with van der Waals surface area (Å²) in [6.45, 7) is 4.22. The number of ketones is 1. The monoisotopic (exact) mass is 397 g/mol. The quantitative estimate of drug-likeness (QED) is 0.474.